The summed E-state index contributed by atoms with van der Waals surface area (Å²) in [6, 6.07) is 7.85. The van der Waals surface area contributed by atoms with Gasteiger partial charge < -0.3 is 14.6 Å². The van der Waals surface area contributed by atoms with Gasteiger partial charge in [-0.2, -0.15) is 0 Å². The third-order valence-corrected chi connectivity index (χ3v) is 4.70. The number of benzene rings is 1. The number of aromatic nitrogens is 5. The fourth-order valence-corrected chi connectivity index (χ4v) is 3.21. The first-order chi connectivity index (χ1) is 14.7. The van der Waals surface area contributed by atoms with Crippen molar-refractivity contribution in [3.8, 4) is 28.3 Å². The Kier molecular flexibility index (Phi) is 5.65. The molecule has 0 radical (unpaired) electrons. The quantitative estimate of drug-likeness (QED) is 0.494. The lowest BCUT2D eigenvalue weighted by molar-refractivity contribution is 0.383. The molecule has 4 aromatic rings. The molecule has 0 saturated carbocycles. The number of rotatable bonds is 7. The molecule has 3 aromatic heterocycles. The Morgan fingerprint density at radius 1 is 1.13 bits per heavy atom. The zero-order chi connectivity index (χ0) is 20.9. The molecule has 1 aromatic carbocycles. The molecule has 0 bridgehead atoms. The molecule has 3 heterocycles. The van der Waals surface area contributed by atoms with Gasteiger partial charge in [0.15, 0.2) is 0 Å². The number of methoxy groups -OCH3 is 1. The highest BCUT2D eigenvalue weighted by Gasteiger charge is 2.21. The van der Waals surface area contributed by atoms with E-state index in [4.69, 9.17) is 14.2 Å². The highest BCUT2D eigenvalue weighted by molar-refractivity contribution is 5.80. The first-order valence-corrected chi connectivity index (χ1v) is 9.65. The first-order valence-electron chi connectivity index (χ1n) is 9.65. The standard InChI is InChI=1S/C22H22N6O2/c1-4-19-20(14(2)28-30-19)21-17(18-13-23-8-9-24-18)12-26-22(27-21)25-11-15-6-5-7-16(10-15)29-3/h5-10,12-13H,4,11H2,1-3H3,(H,25,26,27). The van der Waals surface area contributed by atoms with Gasteiger partial charge in [0.05, 0.1) is 36.0 Å². The summed E-state index contributed by atoms with van der Waals surface area (Å²) in [5, 5.41) is 7.42. The van der Waals surface area contributed by atoms with E-state index >= 15 is 0 Å². The number of nitrogens with zero attached hydrogens (tertiary/aromatic N) is 5. The molecule has 4 rings (SSSR count). The number of nitrogens with one attached hydrogen (secondary N) is 1. The predicted molar refractivity (Wildman–Crippen MR) is 113 cm³/mol. The van der Waals surface area contributed by atoms with Gasteiger partial charge in [-0.25, -0.2) is 9.97 Å². The van der Waals surface area contributed by atoms with Gasteiger partial charge in [-0.05, 0) is 24.6 Å². The minimum Gasteiger partial charge on any atom is -0.497 e. The largest absolute Gasteiger partial charge is 0.497 e. The van der Waals surface area contributed by atoms with E-state index in [1.54, 1.807) is 31.9 Å². The van der Waals surface area contributed by atoms with E-state index in [9.17, 15) is 0 Å². The van der Waals surface area contributed by atoms with Crippen LogP contribution in [0.5, 0.6) is 5.75 Å². The number of hydrogen-bond donors (Lipinski definition) is 1. The van der Waals surface area contributed by atoms with E-state index in [0.29, 0.717) is 30.3 Å². The third kappa shape index (κ3) is 3.98. The number of anilines is 1. The molecule has 0 aliphatic carbocycles. The topological polar surface area (TPSA) is 98.9 Å². The first kappa shape index (κ1) is 19.5. The lowest BCUT2D eigenvalue weighted by atomic mass is 10.0. The van der Waals surface area contributed by atoms with Crippen LogP contribution in [0.3, 0.4) is 0 Å². The maximum absolute atomic E-state index is 5.50. The molecule has 0 spiro atoms. The smallest absolute Gasteiger partial charge is 0.223 e. The zero-order valence-corrected chi connectivity index (χ0v) is 17.1. The molecule has 0 amide bonds. The Bertz CT molecular complexity index is 1140. The van der Waals surface area contributed by atoms with Crippen LogP contribution in [0.4, 0.5) is 5.95 Å². The Morgan fingerprint density at radius 2 is 2.03 bits per heavy atom. The predicted octanol–water partition coefficient (Wildman–Crippen LogP) is 4.08. The molecule has 8 heteroatoms. The SMILES string of the molecule is CCc1onc(C)c1-c1nc(NCc2cccc(OC)c2)ncc1-c1cnccn1. The normalized spacial score (nSPS) is 10.8. The van der Waals surface area contributed by atoms with Gasteiger partial charge in [-0.15, -0.1) is 0 Å². The highest BCUT2D eigenvalue weighted by Crippen LogP contribution is 2.34. The van der Waals surface area contributed by atoms with Gasteiger partial charge in [0.25, 0.3) is 0 Å². The summed E-state index contributed by atoms with van der Waals surface area (Å²) >= 11 is 0. The molecule has 0 aliphatic heterocycles. The summed E-state index contributed by atoms with van der Waals surface area (Å²) in [5.74, 6) is 2.08. The monoisotopic (exact) mass is 402 g/mol. The van der Waals surface area contributed by atoms with Crippen molar-refractivity contribution in [2.45, 2.75) is 26.8 Å². The number of aryl methyl sites for hydroxylation is 2. The maximum Gasteiger partial charge on any atom is 0.223 e. The van der Waals surface area contributed by atoms with Crippen molar-refractivity contribution in [2.75, 3.05) is 12.4 Å². The minimum absolute atomic E-state index is 0.503. The molecule has 0 atom stereocenters. The van der Waals surface area contributed by atoms with Crippen LogP contribution in [0.2, 0.25) is 0 Å². The van der Waals surface area contributed by atoms with E-state index in [2.05, 4.69) is 25.4 Å². The van der Waals surface area contributed by atoms with Crippen molar-refractivity contribution < 1.29 is 9.26 Å². The van der Waals surface area contributed by atoms with E-state index in [-0.39, 0.29) is 0 Å². The lowest BCUT2D eigenvalue weighted by Crippen LogP contribution is -2.06. The van der Waals surface area contributed by atoms with Crippen LogP contribution < -0.4 is 10.1 Å². The molecule has 0 fully saturated rings. The fraction of sp³-hybridized carbons (Fsp3) is 0.227. The lowest BCUT2D eigenvalue weighted by Gasteiger charge is -2.11. The minimum atomic E-state index is 0.503. The van der Waals surface area contributed by atoms with Crippen LogP contribution in [0.1, 0.15) is 23.9 Å². The molecule has 152 valence electrons. The van der Waals surface area contributed by atoms with Crippen LogP contribution in [-0.4, -0.2) is 32.2 Å². The van der Waals surface area contributed by atoms with E-state index in [0.717, 1.165) is 33.9 Å². The zero-order valence-electron chi connectivity index (χ0n) is 17.1. The third-order valence-electron chi connectivity index (χ3n) is 4.70. The van der Waals surface area contributed by atoms with Crippen molar-refractivity contribution in [1.82, 2.24) is 25.1 Å². The van der Waals surface area contributed by atoms with Crippen LogP contribution in [0, 0.1) is 6.92 Å². The second-order valence-corrected chi connectivity index (χ2v) is 6.67. The average molecular weight is 402 g/mol. The molecule has 8 nitrogen and oxygen atoms in total. The van der Waals surface area contributed by atoms with Crippen molar-refractivity contribution >= 4 is 5.95 Å². The van der Waals surface area contributed by atoms with Crippen molar-refractivity contribution in [3.05, 3.63) is 66.1 Å². The van der Waals surface area contributed by atoms with Gasteiger partial charge in [0.1, 0.15) is 11.5 Å². The second kappa shape index (κ2) is 8.69. The van der Waals surface area contributed by atoms with E-state index < -0.39 is 0 Å². The molecular weight excluding hydrogens is 380 g/mol. The summed E-state index contributed by atoms with van der Waals surface area (Å²) in [5.41, 5.74) is 4.88. The number of ether oxygens (including phenoxy) is 1. The molecule has 1 N–H and O–H groups in total. The number of hydrogen-bond acceptors (Lipinski definition) is 8. The van der Waals surface area contributed by atoms with Gasteiger partial charge in [0, 0.05) is 37.1 Å². The Balaban J connectivity index is 1.72. The average Bonchev–Trinajstić information content (AvgIpc) is 3.18. The summed E-state index contributed by atoms with van der Waals surface area (Å²) in [6.45, 7) is 4.49. The van der Waals surface area contributed by atoms with Gasteiger partial charge in [-0.3, -0.25) is 9.97 Å². The second-order valence-electron chi connectivity index (χ2n) is 6.67. The molecule has 0 saturated heterocycles. The maximum atomic E-state index is 5.50. The van der Waals surface area contributed by atoms with Crippen LogP contribution in [-0.2, 0) is 13.0 Å². The van der Waals surface area contributed by atoms with E-state index in [1.807, 2.05) is 38.1 Å². The van der Waals surface area contributed by atoms with Crippen LogP contribution in [0.15, 0.2) is 53.6 Å². The fourth-order valence-electron chi connectivity index (χ4n) is 3.21. The Labute approximate surface area is 174 Å². The Hall–Kier alpha value is -3.81. The molecular formula is C22H22N6O2. The highest BCUT2D eigenvalue weighted by atomic mass is 16.5. The van der Waals surface area contributed by atoms with Crippen molar-refractivity contribution in [3.63, 3.8) is 0 Å². The molecule has 0 unspecified atom stereocenters. The van der Waals surface area contributed by atoms with Crippen molar-refractivity contribution in [1.29, 1.82) is 0 Å². The van der Waals surface area contributed by atoms with Gasteiger partial charge in [0.2, 0.25) is 5.95 Å². The molecule has 30 heavy (non-hydrogen) atoms. The van der Waals surface area contributed by atoms with Crippen molar-refractivity contribution in [2.24, 2.45) is 0 Å². The summed E-state index contributed by atoms with van der Waals surface area (Å²) < 4.78 is 10.8. The molecule has 0 aliphatic rings. The summed E-state index contributed by atoms with van der Waals surface area (Å²) in [6.07, 6.45) is 7.43. The van der Waals surface area contributed by atoms with Crippen LogP contribution >= 0.6 is 0 Å². The summed E-state index contributed by atoms with van der Waals surface area (Å²) in [7, 11) is 1.65. The summed E-state index contributed by atoms with van der Waals surface area (Å²) in [4.78, 5) is 17.9. The van der Waals surface area contributed by atoms with Gasteiger partial charge >= 0.3 is 0 Å². The van der Waals surface area contributed by atoms with E-state index in [1.165, 1.54) is 0 Å². The van der Waals surface area contributed by atoms with Gasteiger partial charge in [-0.1, -0.05) is 24.2 Å². The Morgan fingerprint density at radius 3 is 2.80 bits per heavy atom. The van der Waals surface area contributed by atoms with Crippen LogP contribution in [0.25, 0.3) is 22.5 Å².